The first-order valence-electron chi connectivity index (χ1n) is 6.41. The minimum atomic E-state index is 0. The summed E-state index contributed by atoms with van der Waals surface area (Å²) in [5, 5.41) is 7.57. The summed E-state index contributed by atoms with van der Waals surface area (Å²) in [6.45, 7) is 2.68. The van der Waals surface area contributed by atoms with Crippen LogP contribution in [0.2, 0.25) is 0 Å². The van der Waals surface area contributed by atoms with Gasteiger partial charge in [-0.3, -0.25) is 4.99 Å². The Hall–Kier alpha value is -1.57. The number of aliphatic imine (C=N–C) groups is 1. The van der Waals surface area contributed by atoms with Crippen molar-refractivity contribution in [1.29, 1.82) is 0 Å². The van der Waals surface area contributed by atoms with Gasteiger partial charge in [-0.1, -0.05) is 12.1 Å². The first-order valence-corrected chi connectivity index (χ1v) is 6.41. The molecule has 0 fully saturated rings. The monoisotopic (exact) mass is 383 g/mol. The number of hydrogen-bond acceptors (Lipinski definition) is 4. The third-order valence-corrected chi connectivity index (χ3v) is 3.21. The van der Waals surface area contributed by atoms with Gasteiger partial charge >= 0.3 is 0 Å². The molecule has 5 nitrogen and oxygen atoms in total. The van der Waals surface area contributed by atoms with Gasteiger partial charge in [0.05, 0.1) is 12.2 Å². The minimum absolute atomic E-state index is 0. The van der Waals surface area contributed by atoms with E-state index in [0.29, 0.717) is 0 Å². The minimum Gasteiger partial charge on any atom is -0.352 e. The van der Waals surface area contributed by atoms with Gasteiger partial charge in [0, 0.05) is 32.5 Å². The lowest BCUT2D eigenvalue weighted by atomic mass is 10.2. The molecule has 0 saturated carbocycles. The van der Waals surface area contributed by atoms with Crippen LogP contribution in [0.3, 0.4) is 0 Å². The fourth-order valence-electron chi connectivity index (χ4n) is 2.09. The highest BCUT2D eigenvalue weighted by Crippen LogP contribution is 2.08. The lowest BCUT2D eigenvalue weighted by Crippen LogP contribution is -2.35. The molecule has 0 aliphatic carbocycles. The Bertz CT molecular complexity index is 562. The first kappa shape index (κ1) is 14.8. The molecule has 1 N–H and O–H groups in total. The molecule has 0 radical (unpaired) electrons. The highest BCUT2D eigenvalue weighted by molar-refractivity contribution is 14.0. The van der Waals surface area contributed by atoms with E-state index in [1.165, 1.54) is 5.56 Å². The zero-order chi connectivity index (χ0) is 13.1. The molecule has 0 amide bonds. The number of rotatable bonds is 3. The summed E-state index contributed by atoms with van der Waals surface area (Å²) < 4.78 is 1.85. The smallest absolute Gasteiger partial charge is 0.194 e. The highest BCUT2D eigenvalue weighted by Gasteiger charge is 2.11. The van der Waals surface area contributed by atoms with Crippen molar-refractivity contribution in [2.24, 2.45) is 4.99 Å². The lowest BCUT2D eigenvalue weighted by molar-refractivity contribution is 0.534. The topological polar surface area (TPSA) is 45.5 Å². The van der Waals surface area contributed by atoms with Gasteiger partial charge in [-0.05, 0) is 23.8 Å². The lowest BCUT2D eigenvalue weighted by Gasteiger charge is -2.15. The van der Waals surface area contributed by atoms with Crippen molar-refractivity contribution in [3.63, 3.8) is 0 Å². The number of hydrogen-bond donors (Lipinski definition) is 1. The van der Waals surface area contributed by atoms with Crippen LogP contribution in [0, 0.1) is 0 Å². The van der Waals surface area contributed by atoms with Gasteiger partial charge in [0.2, 0.25) is 0 Å². The molecule has 0 unspecified atom stereocenters. The number of nitrogens with zero attached hydrogens (tertiary/aromatic N) is 4. The van der Waals surface area contributed by atoms with Crippen molar-refractivity contribution >= 4 is 29.9 Å². The van der Waals surface area contributed by atoms with Crippen LogP contribution < -0.4 is 5.32 Å². The summed E-state index contributed by atoms with van der Waals surface area (Å²) in [5.41, 5.74) is 2.31. The zero-order valence-electron chi connectivity index (χ0n) is 11.4. The number of guanidine groups is 1. The second-order valence-corrected chi connectivity index (χ2v) is 4.60. The molecule has 20 heavy (non-hydrogen) atoms. The molecule has 0 spiro atoms. The average molecular weight is 383 g/mol. The third-order valence-electron chi connectivity index (χ3n) is 3.21. The summed E-state index contributed by atoms with van der Waals surface area (Å²) in [5.74, 6) is 0.983. The molecule has 6 heteroatoms. The van der Waals surface area contributed by atoms with E-state index in [1.54, 1.807) is 6.20 Å². The molecule has 1 aromatic carbocycles. The van der Waals surface area contributed by atoms with Crippen LogP contribution in [-0.2, 0) is 6.54 Å². The third kappa shape index (κ3) is 3.30. The molecule has 1 aliphatic rings. The Labute approximate surface area is 135 Å². The summed E-state index contributed by atoms with van der Waals surface area (Å²) in [4.78, 5) is 6.54. The van der Waals surface area contributed by atoms with Crippen LogP contribution in [0.15, 0.2) is 47.7 Å². The molecular weight excluding hydrogens is 365 g/mol. The van der Waals surface area contributed by atoms with E-state index in [4.69, 9.17) is 0 Å². The molecule has 0 atom stereocenters. The number of aromatic nitrogens is 2. The molecule has 1 aliphatic heterocycles. The fourth-order valence-corrected chi connectivity index (χ4v) is 2.09. The second kappa shape index (κ2) is 6.74. The number of nitrogens with one attached hydrogen (secondary N) is 1. The van der Waals surface area contributed by atoms with Crippen molar-refractivity contribution < 1.29 is 0 Å². The normalized spacial score (nSPS) is 13.8. The summed E-state index contributed by atoms with van der Waals surface area (Å²) in [6.07, 6.45) is 3.72. The van der Waals surface area contributed by atoms with Crippen molar-refractivity contribution in [3.8, 4) is 5.69 Å². The zero-order valence-corrected chi connectivity index (χ0v) is 13.7. The van der Waals surface area contributed by atoms with Crippen LogP contribution in [0.4, 0.5) is 0 Å². The average Bonchev–Trinajstić information content (AvgIpc) is 3.09. The molecular formula is C14H18IN5. The van der Waals surface area contributed by atoms with Gasteiger partial charge in [-0.2, -0.15) is 5.10 Å². The Kier molecular flexibility index (Phi) is 4.99. The van der Waals surface area contributed by atoms with Crippen molar-refractivity contribution in [3.05, 3.63) is 48.3 Å². The first-order chi connectivity index (χ1) is 9.33. The Morgan fingerprint density at radius 3 is 2.65 bits per heavy atom. The fraction of sp³-hybridized carbons (Fsp3) is 0.286. The van der Waals surface area contributed by atoms with Gasteiger partial charge in [-0.25, -0.2) is 4.68 Å². The van der Waals surface area contributed by atoms with E-state index < -0.39 is 0 Å². The number of benzene rings is 1. The van der Waals surface area contributed by atoms with E-state index in [-0.39, 0.29) is 24.0 Å². The van der Waals surface area contributed by atoms with Crippen molar-refractivity contribution in [2.75, 3.05) is 20.1 Å². The van der Waals surface area contributed by atoms with E-state index >= 15 is 0 Å². The quantitative estimate of drug-likeness (QED) is 0.824. The van der Waals surface area contributed by atoms with E-state index in [2.05, 4.69) is 51.6 Å². The molecule has 3 rings (SSSR count). The molecule has 0 saturated heterocycles. The van der Waals surface area contributed by atoms with Gasteiger partial charge in [-0.15, -0.1) is 24.0 Å². The van der Waals surface area contributed by atoms with Crippen molar-refractivity contribution in [1.82, 2.24) is 20.0 Å². The summed E-state index contributed by atoms with van der Waals surface area (Å²) >= 11 is 0. The van der Waals surface area contributed by atoms with Crippen LogP contribution in [0.1, 0.15) is 5.56 Å². The van der Waals surface area contributed by atoms with Crippen LogP contribution in [0.25, 0.3) is 5.69 Å². The summed E-state index contributed by atoms with van der Waals surface area (Å²) in [6, 6.07) is 10.3. The SMILES string of the molecule is CN1CCN=C1NCc1ccc(-n2cccn2)cc1.I. The largest absolute Gasteiger partial charge is 0.352 e. The summed E-state index contributed by atoms with van der Waals surface area (Å²) in [7, 11) is 2.06. The van der Waals surface area contributed by atoms with E-state index in [1.807, 2.05) is 16.9 Å². The molecule has 1 aromatic heterocycles. The predicted molar refractivity (Wildman–Crippen MR) is 90.8 cm³/mol. The molecule has 2 aromatic rings. The Morgan fingerprint density at radius 2 is 2.05 bits per heavy atom. The number of likely N-dealkylation sites (N-methyl/N-ethyl adjacent to an activating group) is 1. The second-order valence-electron chi connectivity index (χ2n) is 4.60. The Morgan fingerprint density at radius 1 is 1.25 bits per heavy atom. The molecule has 106 valence electrons. The van der Waals surface area contributed by atoms with Gasteiger partial charge in [0.1, 0.15) is 0 Å². The van der Waals surface area contributed by atoms with Crippen LogP contribution in [-0.4, -0.2) is 40.8 Å². The molecule has 2 heterocycles. The van der Waals surface area contributed by atoms with E-state index in [0.717, 1.165) is 31.3 Å². The maximum Gasteiger partial charge on any atom is 0.194 e. The molecule has 0 bridgehead atoms. The Balaban J connectivity index is 0.00000147. The standard InChI is InChI=1S/C14H17N5.HI/c1-18-10-8-15-14(18)16-11-12-3-5-13(6-4-12)19-9-2-7-17-19;/h2-7,9H,8,10-11H2,1H3,(H,15,16);1H. The van der Waals surface area contributed by atoms with E-state index in [9.17, 15) is 0 Å². The van der Waals surface area contributed by atoms with Gasteiger partial charge in [0.15, 0.2) is 5.96 Å². The highest BCUT2D eigenvalue weighted by atomic mass is 127. The van der Waals surface area contributed by atoms with Gasteiger partial charge in [0.25, 0.3) is 0 Å². The van der Waals surface area contributed by atoms with Gasteiger partial charge < -0.3 is 10.2 Å². The maximum atomic E-state index is 4.41. The van der Waals surface area contributed by atoms with Crippen LogP contribution >= 0.6 is 24.0 Å². The number of halogens is 1. The predicted octanol–water partition coefficient (Wildman–Crippen LogP) is 1.88. The maximum absolute atomic E-state index is 4.41. The van der Waals surface area contributed by atoms with Crippen molar-refractivity contribution in [2.45, 2.75) is 6.54 Å². The van der Waals surface area contributed by atoms with Crippen LogP contribution in [0.5, 0.6) is 0 Å².